The Kier molecular flexibility index (Phi) is 6.00. The molecule has 31 heavy (non-hydrogen) atoms. The van der Waals surface area contributed by atoms with Gasteiger partial charge in [-0.1, -0.05) is 20.8 Å². The van der Waals surface area contributed by atoms with E-state index in [-0.39, 0.29) is 35.8 Å². The zero-order valence-corrected chi connectivity index (χ0v) is 18.5. The van der Waals surface area contributed by atoms with E-state index in [1.54, 1.807) is 6.07 Å². The monoisotopic (exact) mass is 442 g/mol. The molecule has 9 heteroatoms. The molecule has 4 heterocycles. The van der Waals surface area contributed by atoms with Gasteiger partial charge in [0.25, 0.3) is 0 Å². The summed E-state index contributed by atoms with van der Waals surface area (Å²) in [5, 5.41) is 7.69. The van der Waals surface area contributed by atoms with Gasteiger partial charge in [0.15, 0.2) is 6.04 Å². The number of ether oxygens (including phenoxy) is 1. The number of carbonyl (C=O) groups excluding carboxylic acids is 1. The van der Waals surface area contributed by atoms with Crippen molar-refractivity contribution in [2.75, 3.05) is 25.0 Å². The molecule has 0 saturated carbocycles. The lowest BCUT2D eigenvalue weighted by molar-refractivity contribution is -0.175. The molecule has 0 spiro atoms. The fourth-order valence-electron chi connectivity index (χ4n) is 4.94. The van der Waals surface area contributed by atoms with Gasteiger partial charge in [0.2, 0.25) is 5.91 Å². The molecule has 1 N–H and O–H groups in total. The van der Waals surface area contributed by atoms with Crippen LogP contribution in [0, 0.1) is 5.41 Å². The maximum atomic E-state index is 13.8. The van der Waals surface area contributed by atoms with E-state index < -0.39 is 12.2 Å². The van der Waals surface area contributed by atoms with E-state index in [0.717, 1.165) is 30.4 Å². The summed E-state index contributed by atoms with van der Waals surface area (Å²) in [4.78, 5) is 14.6. The largest absolute Gasteiger partial charge is 0.410 e. The van der Waals surface area contributed by atoms with Crippen LogP contribution in [-0.2, 0) is 9.53 Å². The van der Waals surface area contributed by atoms with Crippen LogP contribution in [0.1, 0.15) is 76.9 Å². The Morgan fingerprint density at radius 1 is 1.26 bits per heavy atom. The normalized spacial score (nSPS) is 29.5. The highest BCUT2D eigenvalue weighted by Gasteiger charge is 2.48. The minimum Gasteiger partial charge on any atom is -0.378 e. The number of fused-ring (bicyclic) bond motifs is 1. The predicted octanol–water partition coefficient (Wildman–Crippen LogP) is 4.49. The van der Waals surface area contributed by atoms with Gasteiger partial charge in [-0.3, -0.25) is 4.79 Å². The fraction of sp³-hybridized carbons (Fsp3) is 0.818. The van der Waals surface area contributed by atoms with E-state index in [1.807, 2.05) is 25.7 Å². The Morgan fingerprint density at radius 2 is 2.03 bits per heavy atom. The Bertz CT molecular complexity index is 796. The summed E-state index contributed by atoms with van der Waals surface area (Å²) in [6.45, 7) is 7.74. The van der Waals surface area contributed by atoms with Crippen molar-refractivity contribution in [1.29, 1.82) is 0 Å². The average molecular weight is 443 g/mol. The fourth-order valence-corrected chi connectivity index (χ4v) is 4.94. The molecule has 1 aromatic rings. The van der Waals surface area contributed by atoms with Gasteiger partial charge in [0, 0.05) is 37.7 Å². The highest BCUT2D eigenvalue weighted by molar-refractivity contribution is 5.77. The van der Waals surface area contributed by atoms with Crippen LogP contribution < -0.4 is 5.32 Å². The number of likely N-dealkylation sites (tertiary alicyclic amines) is 1. The third kappa shape index (κ3) is 4.86. The van der Waals surface area contributed by atoms with E-state index in [2.05, 4.69) is 10.4 Å². The zero-order chi connectivity index (χ0) is 22.4. The zero-order valence-electron chi connectivity index (χ0n) is 18.5. The topological polar surface area (TPSA) is 59.4 Å². The Balaban J connectivity index is 1.51. The van der Waals surface area contributed by atoms with E-state index in [9.17, 15) is 18.0 Å². The van der Waals surface area contributed by atoms with E-state index >= 15 is 0 Å². The van der Waals surface area contributed by atoms with Crippen molar-refractivity contribution in [3.63, 3.8) is 0 Å². The van der Waals surface area contributed by atoms with E-state index in [4.69, 9.17) is 4.74 Å². The number of aromatic nitrogens is 2. The van der Waals surface area contributed by atoms with Gasteiger partial charge in [-0.15, -0.1) is 0 Å². The van der Waals surface area contributed by atoms with Crippen LogP contribution in [0.5, 0.6) is 0 Å². The van der Waals surface area contributed by atoms with Gasteiger partial charge in [0.05, 0.1) is 18.2 Å². The molecule has 3 aliphatic heterocycles. The summed E-state index contributed by atoms with van der Waals surface area (Å²) >= 11 is 0. The SMILES string of the molecule is CC(C)(C)[C@@H]1C[C@H](C(F)(F)F)n2nc([C@H]3CCCN(C(=O)C[C@@H]4CCCO4)C3)cc2N1. The van der Waals surface area contributed by atoms with Gasteiger partial charge in [-0.25, -0.2) is 4.68 Å². The number of nitrogens with zero attached hydrogens (tertiary/aromatic N) is 3. The van der Waals surface area contributed by atoms with Crippen molar-refractivity contribution >= 4 is 11.7 Å². The summed E-state index contributed by atoms with van der Waals surface area (Å²) in [6.07, 6.45) is -0.474. The second-order valence-electron chi connectivity index (χ2n) is 10.3. The van der Waals surface area contributed by atoms with Crippen LogP contribution in [0.2, 0.25) is 0 Å². The highest BCUT2D eigenvalue weighted by Crippen LogP contribution is 2.44. The first-order valence-corrected chi connectivity index (χ1v) is 11.3. The molecule has 0 bridgehead atoms. The molecular weight excluding hydrogens is 409 g/mol. The lowest BCUT2D eigenvalue weighted by atomic mass is 9.82. The van der Waals surface area contributed by atoms with Crippen LogP contribution in [-0.4, -0.2) is 58.6 Å². The summed E-state index contributed by atoms with van der Waals surface area (Å²) in [7, 11) is 0. The number of carbonyl (C=O) groups is 1. The maximum absolute atomic E-state index is 13.8. The Labute approximate surface area is 181 Å². The minimum atomic E-state index is -4.36. The first-order chi connectivity index (χ1) is 14.5. The van der Waals surface area contributed by atoms with Crippen LogP contribution in [0.15, 0.2) is 6.07 Å². The number of nitrogens with one attached hydrogen (secondary N) is 1. The smallest absolute Gasteiger partial charge is 0.378 e. The summed E-state index contributed by atoms with van der Waals surface area (Å²) in [5.41, 5.74) is 0.330. The van der Waals surface area contributed by atoms with Gasteiger partial charge in [0.1, 0.15) is 5.82 Å². The average Bonchev–Trinajstić information content (AvgIpc) is 3.35. The molecule has 0 aromatic carbocycles. The number of hydrogen-bond acceptors (Lipinski definition) is 4. The molecule has 1 aromatic heterocycles. The molecule has 4 atom stereocenters. The number of anilines is 1. The predicted molar refractivity (Wildman–Crippen MR) is 111 cm³/mol. The summed E-state index contributed by atoms with van der Waals surface area (Å²) in [6, 6.07) is -0.176. The Hall–Kier alpha value is -1.77. The van der Waals surface area contributed by atoms with Crippen molar-refractivity contribution in [1.82, 2.24) is 14.7 Å². The molecule has 0 radical (unpaired) electrons. The summed E-state index contributed by atoms with van der Waals surface area (Å²) < 4.78 is 48.2. The van der Waals surface area contributed by atoms with Gasteiger partial charge in [-0.2, -0.15) is 18.3 Å². The first kappa shape index (κ1) is 22.4. The molecule has 174 valence electrons. The van der Waals surface area contributed by atoms with E-state index in [0.29, 0.717) is 37.6 Å². The van der Waals surface area contributed by atoms with E-state index in [1.165, 1.54) is 0 Å². The molecule has 6 nitrogen and oxygen atoms in total. The van der Waals surface area contributed by atoms with Crippen molar-refractivity contribution in [2.24, 2.45) is 5.41 Å². The lowest BCUT2D eigenvalue weighted by Crippen LogP contribution is -2.44. The van der Waals surface area contributed by atoms with Crippen LogP contribution in [0.4, 0.5) is 19.0 Å². The molecular formula is C22H33F3N4O2. The first-order valence-electron chi connectivity index (χ1n) is 11.3. The van der Waals surface area contributed by atoms with Crippen molar-refractivity contribution < 1.29 is 22.7 Å². The molecule has 1 amide bonds. The third-order valence-corrected chi connectivity index (χ3v) is 6.87. The second-order valence-corrected chi connectivity index (χ2v) is 10.3. The van der Waals surface area contributed by atoms with Crippen molar-refractivity contribution in [3.05, 3.63) is 11.8 Å². The molecule has 0 unspecified atom stereocenters. The van der Waals surface area contributed by atoms with Crippen LogP contribution in [0.25, 0.3) is 0 Å². The standard InChI is InChI=1S/C22H33F3N4O2/c1-21(2,3)17-12-18(22(23,24)25)29-19(26-17)11-16(27-29)14-6-4-8-28(13-14)20(30)10-15-7-5-9-31-15/h11,14-15,17-18,26H,4-10,12-13H2,1-3H3/t14-,15-,17-,18+/m0/s1. The van der Waals surface area contributed by atoms with Crippen LogP contribution >= 0.6 is 0 Å². The number of alkyl halides is 3. The van der Waals surface area contributed by atoms with Crippen molar-refractivity contribution in [3.8, 4) is 0 Å². The summed E-state index contributed by atoms with van der Waals surface area (Å²) in [5.74, 6) is 0.440. The van der Waals surface area contributed by atoms with Crippen molar-refractivity contribution in [2.45, 2.75) is 89.6 Å². The molecule has 4 rings (SSSR count). The number of halogens is 3. The quantitative estimate of drug-likeness (QED) is 0.749. The molecule has 2 fully saturated rings. The third-order valence-electron chi connectivity index (χ3n) is 6.87. The Morgan fingerprint density at radius 3 is 2.68 bits per heavy atom. The molecule has 0 aliphatic carbocycles. The van der Waals surface area contributed by atoms with Gasteiger partial charge >= 0.3 is 6.18 Å². The van der Waals surface area contributed by atoms with Gasteiger partial charge in [-0.05, 0) is 37.5 Å². The van der Waals surface area contributed by atoms with Gasteiger partial charge < -0.3 is 15.0 Å². The lowest BCUT2D eigenvalue weighted by Gasteiger charge is -2.39. The number of hydrogen-bond donors (Lipinski definition) is 1. The maximum Gasteiger partial charge on any atom is 0.410 e. The highest BCUT2D eigenvalue weighted by atomic mass is 19.4. The second kappa shape index (κ2) is 8.30. The minimum absolute atomic E-state index is 0.00105. The molecule has 3 aliphatic rings. The number of amides is 1. The van der Waals surface area contributed by atoms with Crippen LogP contribution in [0.3, 0.4) is 0 Å². The number of rotatable bonds is 3. The number of piperidine rings is 1. The molecule has 2 saturated heterocycles.